The Bertz CT molecular complexity index is 2690. The zero-order valence-electron chi connectivity index (χ0n) is 30.7. The zero-order chi connectivity index (χ0) is 37.6. The van der Waals surface area contributed by atoms with Crippen LogP contribution in [0.15, 0.2) is 113 Å². The number of fused-ring (bicyclic) bond motifs is 2. The largest absolute Gasteiger partial charge is 0.338 e. The van der Waals surface area contributed by atoms with E-state index in [2.05, 4.69) is 41.4 Å². The highest BCUT2D eigenvalue weighted by Gasteiger charge is 2.29. The van der Waals surface area contributed by atoms with Crippen LogP contribution in [0.25, 0.3) is 25.6 Å². The average molecular weight is 745 g/mol. The third-order valence-electron chi connectivity index (χ3n) is 9.02. The van der Waals surface area contributed by atoms with E-state index >= 15 is 0 Å². The lowest BCUT2D eigenvalue weighted by atomic mass is 9.90. The summed E-state index contributed by atoms with van der Waals surface area (Å²) in [4.78, 5) is 17.3. The smallest absolute Gasteiger partial charge is 0.213 e. The van der Waals surface area contributed by atoms with Gasteiger partial charge in [-0.15, -0.1) is 10.2 Å². The monoisotopic (exact) mass is 744 g/mol. The van der Waals surface area contributed by atoms with Gasteiger partial charge in [0.25, 0.3) is 0 Å². The maximum Gasteiger partial charge on any atom is 0.213 e. The molecule has 10 nitrogen and oxygen atoms in total. The Morgan fingerprint density at radius 3 is 2.06 bits per heavy atom. The van der Waals surface area contributed by atoms with Crippen LogP contribution < -0.4 is 10.2 Å². The molecule has 0 spiro atoms. The van der Waals surface area contributed by atoms with Crippen LogP contribution >= 0.6 is 22.7 Å². The van der Waals surface area contributed by atoms with Crippen molar-refractivity contribution in [1.82, 2.24) is 24.7 Å². The van der Waals surface area contributed by atoms with Gasteiger partial charge in [-0.1, -0.05) is 104 Å². The molecule has 0 aliphatic heterocycles. The van der Waals surface area contributed by atoms with Crippen molar-refractivity contribution < 1.29 is 0 Å². The predicted octanol–water partition coefficient (Wildman–Crippen LogP) is 12.2. The Hall–Kier alpha value is -6.29. The van der Waals surface area contributed by atoms with Crippen molar-refractivity contribution >= 4 is 82.8 Å². The molecular formula is C42H36N10S2. The molecule has 54 heavy (non-hydrogen) atoms. The highest BCUT2D eigenvalue weighted by molar-refractivity contribution is 7.22. The van der Waals surface area contributed by atoms with Gasteiger partial charge in [-0.2, -0.15) is 15.0 Å². The van der Waals surface area contributed by atoms with Crippen LogP contribution in [-0.2, 0) is 5.41 Å². The summed E-state index contributed by atoms with van der Waals surface area (Å²) in [5.41, 5.74) is 7.61. The summed E-state index contributed by atoms with van der Waals surface area (Å²) >= 11 is 3.10. The molecule has 4 aromatic heterocycles. The van der Waals surface area contributed by atoms with E-state index in [4.69, 9.17) is 30.3 Å². The highest BCUT2D eigenvalue weighted by Crippen LogP contribution is 2.44. The van der Waals surface area contributed by atoms with Gasteiger partial charge in [0.05, 0.1) is 31.8 Å². The van der Waals surface area contributed by atoms with E-state index in [0.29, 0.717) is 39.5 Å². The lowest BCUT2D eigenvalue weighted by Gasteiger charge is -2.24. The summed E-state index contributed by atoms with van der Waals surface area (Å²) in [6.45, 7) is 12.2. The van der Waals surface area contributed by atoms with Crippen LogP contribution in [0.3, 0.4) is 0 Å². The van der Waals surface area contributed by atoms with Crippen LogP contribution in [-0.4, -0.2) is 24.7 Å². The third kappa shape index (κ3) is 6.48. The molecule has 0 radical (unpaired) electrons. The fourth-order valence-corrected chi connectivity index (χ4v) is 8.13. The van der Waals surface area contributed by atoms with Crippen molar-refractivity contribution in [2.24, 2.45) is 10.2 Å². The Balaban J connectivity index is 1.32. The molecule has 0 amide bonds. The van der Waals surface area contributed by atoms with Gasteiger partial charge in [-0.25, -0.2) is 15.0 Å². The number of nitrogens with zero attached hydrogens (tertiary/aromatic N) is 9. The van der Waals surface area contributed by atoms with Gasteiger partial charge < -0.3 is 5.32 Å². The molecule has 0 fully saturated rings. The highest BCUT2D eigenvalue weighted by atomic mass is 32.1. The van der Waals surface area contributed by atoms with Gasteiger partial charge in [0.15, 0.2) is 16.8 Å². The number of hydrogen-bond acceptors (Lipinski definition) is 11. The summed E-state index contributed by atoms with van der Waals surface area (Å²) in [5.74, 6) is 1.48. The Labute approximate surface area is 321 Å². The van der Waals surface area contributed by atoms with Crippen molar-refractivity contribution in [1.29, 1.82) is 5.26 Å². The molecular weight excluding hydrogens is 709 g/mol. The molecule has 4 heterocycles. The van der Waals surface area contributed by atoms with E-state index in [1.54, 1.807) is 16.0 Å². The van der Waals surface area contributed by atoms with E-state index in [1.165, 1.54) is 11.3 Å². The fourth-order valence-electron chi connectivity index (χ4n) is 6.22. The molecule has 0 aliphatic rings. The first-order valence-corrected chi connectivity index (χ1v) is 19.1. The van der Waals surface area contributed by atoms with E-state index < -0.39 is 5.41 Å². The summed E-state index contributed by atoms with van der Waals surface area (Å²) in [5, 5.41) is 30.1. The maximum atomic E-state index is 10.5. The van der Waals surface area contributed by atoms with E-state index in [-0.39, 0.29) is 0 Å². The molecule has 0 aliphatic carbocycles. The van der Waals surface area contributed by atoms with Gasteiger partial charge in [-0.3, -0.25) is 4.90 Å². The molecule has 0 atom stereocenters. The van der Waals surface area contributed by atoms with Gasteiger partial charge in [0.2, 0.25) is 5.13 Å². The summed E-state index contributed by atoms with van der Waals surface area (Å²) in [6.07, 6.45) is 0. The number of thiazole rings is 2. The van der Waals surface area contributed by atoms with E-state index in [9.17, 15) is 5.26 Å². The van der Waals surface area contributed by atoms with Crippen LogP contribution in [0.2, 0.25) is 0 Å². The third-order valence-corrected chi connectivity index (χ3v) is 11.1. The molecule has 8 rings (SSSR count). The molecule has 1 N–H and O–H groups in total. The summed E-state index contributed by atoms with van der Waals surface area (Å²) < 4.78 is 3.74. The second-order valence-electron chi connectivity index (χ2n) is 14.0. The number of azo groups is 1. The van der Waals surface area contributed by atoms with E-state index in [1.807, 2.05) is 120 Å². The molecule has 8 aromatic rings. The summed E-state index contributed by atoms with van der Waals surface area (Å²) in [6, 6.07) is 36.7. The maximum absolute atomic E-state index is 10.5. The quantitative estimate of drug-likeness (QED) is 0.154. The minimum atomic E-state index is -0.437. The van der Waals surface area contributed by atoms with Gasteiger partial charge in [0.1, 0.15) is 23.1 Å². The first kappa shape index (κ1) is 34.8. The fraction of sp³-hybridized carbons (Fsp3) is 0.167. The molecule has 266 valence electrons. The number of para-hydroxylation sites is 4. The standard InChI is InChI=1S/C42H36N10S2/c1-25-15-7-9-17-29(25)44-38-36(48-49-39-28(24-43)37(42(4,5)6)50-52(39)41-46-31-19-11-14-22-34(31)54-41)27(3)23-35(47-38)51(32-20-12-8-16-26(32)2)40-45-30-18-10-13-21-33(30)53-40/h7-23H,1-6H3,(H,44,47). The lowest BCUT2D eigenvalue weighted by molar-refractivity contribution is 0.559. The minimum Gasteiger partial charge on any atom is -0.338 e. The second-order valence-corrected chi connectivity index (χ2v) is 16.0. The van der Waals surface area contributed by atoms with Gasteiger partial charge in [-0.05, 0) is 79.9 Å². The number of nitriles is 1. The zero-order valence-corrected chi connectivity index (χ0v) is 32.3. The normalized spacial score (nSPS) is 11.8. The van der Waals surface area contributed by atoms with Crippen LogP contribution in [0, 0.1) is 32.1 Å². The number of benzene rings is 4. The molecule has 0 unspecified atom stereocenters. The number of aryl methyl sites for hydroxylation is 3. The predicted molar refractivity (Wildman–Crippen MR) is 220 cm³/mol. The number of aromatic nitrogens is 5. The number of anilines is 5. The average Bonchev–Trinajstić information content (AvgIpc) is 3.88. The van der Waals surface area contributed by atoms with Crippen molar-refractivity contribution in [3.63, 3.8) is 0 Å². The molecule has 0 saturated heterocycles. The SMILES string of the molecule is Cc1ccccc1Nc1nc(N(c2nc3ccccc3s2)c2ccccc2C)cc(C)c1N=Nc1c(C#N)c(C(C)(C)C)nn1-c1nc2ccccc2s1. The van der Waals surface area contributed by atoms with Crippen molar-refractivity contribution in [2.75, 3.05) is 10.2 Å². The molecule has 12 heteroatoms. The lowest BCUT2D eigenvalue weighted by Crippen LogP contribution is -2.14. The topological polar surface area (TPSA) is 120 Å². The summed E-state index contributed by atoms with van der Waals surface area (Å²) in [7, 11) is 0. The number of nitrogens with one attached hydrogen (secondary N) is 1. The molecule has 0 saturated carbocycles. The molecule has 0 bridgehead atoms. The van der Waals surface area contributed by atoms with Crippen molar-refractivity contribution in [3.05, 3.63) is 131 Å². The van der Waals surface area contributed by atoms with E-state index in [0.717, 1.165) is 53.6 Å². The van der Waals surface area contributed by atoms with Crippen LogP contribution in [0.1, 0.15) is 48.7 Å². The van der Waals surface area contributed by atoms with Crippen molar-refractivity contribution in [3.8, 4) is 11.2 Å². The Morgan fingerprint density at radius 1 is 0.741 bits per heavy atom. The number of hydrogen-bond donors (Lipinski definition) is 1. The first-order valence-electron chi connectivity index (χ1n) is 17.5. The van der Waals surface area contributed by atoms with Gasteiger partial charge >= 0.3 is 0 Å². The van der Waals surface area contributed by atoms with Crippen LogP contribution in [0.4, 0.5) is 39.6 Å². The number of rotatable bonds is 8. The van der Waals surface area contributed by atoms with Gasteiger partial charge in [0, 0.05) is 11.1 Å². The van der Waals surface area contributed by atoms with Crippen molar-refractivity contribution in [2.45, 2.75) is 47.0 Å². The molecule has 4 aromatic carbocycles. The Morgan fingerprint density at radius 2 is 1.39 bits per heavy atom. The second kappa shape index (κ2) is 13.9. The number of pyridine rings is 1. The van der Waals surface area contributed by atoms with Crippen LogP contribution in [0.5, 0.6) is 0 Å². The first-order chi connectivity index (χ1) is 26.1. The minimum absolute atomic E-state index is 0.308. The Kier molecular flexibility index (Phi) is 8.97.